The van der Waals surface area contributed by atoms with Crippen molar-refractivity contribution < 1.29 is 14.3 Å². The molecular weight excluding hydrogens is 370 g/mol. The van der Waals surface area contributed by atoms with Gasteiger partial charge in [-0.3, -0.25) is 14.5 Å². The van der Waals surface area contributed by atoms with Crippen molar-refractivity contribution in [2.45, 2.75) is 13.0 Å². The van der Waals surface area contributed by atoms with Crippen LogP contribution in [0, 0.1) is 0 Å². The number of ether oxygens (including phenoxy) is 2. The summed E-state index contributed by atoms with van der Waals surface area (Å²) in [5, 5.41) is 8.09. The highest BCUT2D eigenvalue weighted by atomic mass is 16.5. The van der Waals surface area contributed by atoms with Gasteiger partial charge in [-0.1, -0.05) is 0 Å². The maximum absolute atomic E-state index is 12.6. The Bertz CT molecular complexity index is 1090. The van der Waals surface area contributed by atoms with E-state index in [1.165, 1.54) is 5.56 Å². The number of H-pyrrole nitrogens is 1. The minimum absolute atomic E-state index is 0.265. The maximum atomic E-state index is 12.6. The van der Waals surface area contributed by atoms with Crippen LogP contribution in [-0.4, -0.2) is 39.9 Å². The SMILES string of the molecule is COc1cc2cc(C(=O)Nc3ccn(CCc4ccncc4)n3)[nH]c2cc1OC. The Hall–Kier alpha value is -3.81. The highest BCUT2D eigenvalue weighted by Crippen LogP contribution is 2.32. The monoisotopic (exact) mass is 391 g/mol. The third-order valence-corrected chi connectivity index (χ3v) is 4.63. The minimum atomic E-state index is -0.265. The van der Waals surface area contributed by atoms with Crippen LogP contribution in [0.5, 0.6) is 11.5 Å². The van der Waals surface area contributed by atoms with Gasteiger partial charge in [0.2, 0.25) is 0 Å². The van der Waals surface area contributed by atoms with E-state index in [-0.39, 0.29) is 5.91 Å². The molecule has 4 rings (SSSR count). The molecule has 4 aromatic rings. The number of fused-ring (bicyclic) bond motifs is 1. The lowest BCUT2D eigenvalue weighted by molar-refractivity contribution is 0.102. The van der Waals surface area contributed by atoms with E-state index in [0.717, 1.165) is 17.3 Å². The Morgan fingerprint density at radius 3 is 2.62 bits per heavy atom. The summed E-state index contributed by atoms with van der Waals surface area (Å²) in [6.07, 6.45) is 6.23. The van der Waals surface area contributed by atoms with Crippen LogP contribution in [0.3, 0.4) is 0 Å². The number of aromatic nitrogens is 4. The largest absolute Gasteiger partial charge is 0.493 e. The Labute approximate surface area is 167 Å². The second-order valence-corrected chi connectivity index (χ2v) is 6.50. The van der Waals surface area contributed by atoms with E-state index < -0.39 is 0 Å². The second kappa shape index (κ2) is 8.05. The molecule has 2 N–H and O–H groups in total. The molecule has 1 amide bonds. The number of carbonyl (C=O) groups is 1. The summed E-state index contributed by atoms with van der Waals surface area (Å²) in [5.74, 6) is 1.44. The zero-order valence-electron chi connectivity index (χ0n) is 16.2. The average Bonchev–Trinajstić information content (AvgIpc) is 3.38. The molecule has 0 saturated heterocycles. The molecule has 0 aliphatic heterocycles. The number of amides is 1. The molecule has 0 atom stereocenters. The van der Waals surface area contributed by atoms with Crippen LogP contribution in [0.1, 0.15) is 16.1 Å². The molecule has 29 heavy (non-hydrogen) atoms. The number of nitrogens with one attached hydrogen (secondary N) is 2. The van der Waals surface area contributed by atoms with Crippen molar-refractivity contribution in [1.82, 2.24) is 19.7 Å². The fourth-order valence-corrected chi connectivity index (χ4v) is 3.11. The van der Waals surface area contributed by atoms with Gasteiger partial charge in [0, 0.05) is 48.2 Å². The van der Waals surface area contributed by atoms with Crippen LogP contribution < -0.4 is 14.8 Å². The fourth-order valence-electron chi connectivity index (χ4n) is 3.11. The third kappa shape index (κ3) is 4.06. The van der Waals surface area contributed by atoms with E-state index in [9.17, 15) is 4.79 Å². The number of aromatic amines is 1. The van der Waals surface area contributed by atoms with Crippen molar-refractivity contribution in [2.75, 3.05) is 19.5 Å². The number of aryl methyl sites for hydroxylation is 2. The lowest BCUT2D eigenvalue weighted by Crippen LogP contribution is -2.13. The van der Waals surface area contributed by atoms with Crippen LogP contribution in [0.15, 0.2) is 55.0 Å². The summed E-state index contributed by atoms with van der Waals surface area (Å²) in [7, 11) is 3.15. The number of carbonyl (C=O) groups excluding carboxylic acids is 1. The summed E-state index contributed by atoms with van der Waals surface area (Å²) >= 11 is 0. The van der Waals surface area contributed by atoms with Gasteiger partial charge in [0.25, 0.3) is 5.91 Å². The van der Waals surface area contributed by atoms with E-state index in [0.29, 0.717) is 29.6 Å². The molecule has 3 heterocycles. The first-order chi connectivity index (χ1) is 14.2. The molecule has 0 fully saturated rings. The van der Waals surface area contributed by atoms with Gasteiger partial charge in [0.15, 0.2) is 17.3 Å². The molecule has 0 saturated carbocycles. The third-order valence-electron chi connectivity index (χ3n) is 4.63. The van der Waals surface area contributed by atoms with Crippen molar-refractivity contribution in [3.05, 3.63) is 66.2 Å². The van der Waals surface area contributed by atoms with E-state index >= 15 is 0 Å². The first-order valence-electron chi connectivity index (χ1n) is 9.14. The number of hydrogen-bond acceptors (Lipinski definition) is 5. The molecule has 0 aliphatic carbocycles. The average molecular weight is 391 g/mol. The molecule has 8 heteroatoms. The smallest absolute Gasteiger partial charge is 0.273 e. The van der Waals surface area contributed by atoms with Gasteiger partial charge < -0.3 is 19.8 Å². The summed E-state index contributed by atoms with van der Waals surface area (Å²) in [4.78, 5) is 19.7. The minimum Gasteiger partial charge on any atom is -0.493 e. The van der Waals surface area contributed by atoms with E-state index in [4.69, 9.17) is 9.47 Å². The van der Waals surface area contributed by atoms with Gasteiger partial charge in [0.1, 0.15) is 5.69 Å². The molecule has 148 valence electrons. The maximum Gasteiger partial charge on any atom is 0.273 e. The normalized spacial score (nSPS) is 10.8. The lowest BCUT2D eigenvalue weighted by atomic mass is 10.2. The van der Waals surface area contributed by atoms with Crippen LogP contribution in [0.2, 0.25) is 0 Å². The Kier molecular flexibility index (Phi) is 5.15. The Morgan fingerprint density at radius 1 is 1.10 bits per heavy atom. The lowest BCUT2D eigenvalue weighted by Gasteiger charge is -2.06. The molecule has 0 spiro atoms. The second-order valence-electron chi connectivity index (χ2n) is 6.50. The number of benzene rings is 1. The number of methoxy groups -OCH3 is 2. The standard InChI is InChI=1S/C21H21N5O3/c1-28-18-12-15-11-17(23-16(15)13-19(18)29-2)21(27)24-20-6-10-26(25-20)9-5-14-3-7-22-8-4-14/h3-4,6-8,10-13,23H,5,9H2,1-2H3,(H,24,25,27). The van der Waals surface area contributed by atoms with Crippen molar-refractivity contribution in [3.63, 3.8) is 0 Å². The first-order valence-corrected chi connectivity index (χ1v) is 9.14. The Morgan fingerprint density at radius 2 is 1.86 bits per heavy atom. The van der Waals surface area contributed by atoms with E-state index in [1.807, 2.05) is 24.4 Å². The van der Waals surface area contributed by atoms with Gasteiger partial charge in [0.05, 0.1) is 14.2 Å². The number of pyridine rings is 1. The molecule has 3 aromatic heterocycles. The van der Waals surface area contributed by atoms with Crippen LogP contribution in [0.25, 0.3) is 10.9 Å². The number of hydrogen-bond donors (Lipinski definition) is 2. The summed E-state index contributed by atoms with van der Waals surface area (Å²) < 4.78 is 12.4. The van der Waals surface area contributed by atoms with Crippen molar-refractivity contribution in [1.29, 1.82) is 0 Å². The summed E-state index contributed by atoms with van der Waals surface area (Å²) in [5.41, 5.74) is 2.40. The van der Waals surface area contributed by atoms with E-state index in [1.54, 1.807) is 49.5 Å². The van der Waals surface area contributed by atoms with Gasteiger partial charge in [-0.05, 0) is 36.2 Å². The summed E-state index contributed by atoms with van der Waals surface area (Å²) in [6, 6.07) is 11.1. The molecule has 8 nitrogen and oxygen atoms in total. The molecule has 0 aliphatic rings. The number of rotatable bonds is 7. The predicted molar refractivity (Wildman–Crippen MR) is 110 cm³/mol. The van der Waals surface area contributed by atoms with Crippen LogP contribution in [-0.2, 0) is 13.0 Å². The highest BCUT2D eigenvalue weighted by molar-refractivity contribution is 6.05. The van der Waals surface area contributed by atoms with Crippen molar-refractivity contribution >= 4 is 22.6 Å². The van der Waals surface area contributed by atoms with Gasteiger partial charge in [-0.15, -0.1) is 0 Å². The van der Waals surface area contributed by atoms with Gasteiger partial charge in [-0.25, -0.2) is 0 Å². The zero-order chi connectivity index (χ0) is 20.2. The molecule has 1 aromatic carbocycles. The quantitative estimate of drug-likeness (QED) is 0.504. The molecular formula is C21H21N5O3. The van der Waals surface area contributed by atoms with Crippen molar-refractivity contribution in [2.24, 2.45) is 0 Å². The topological polar surface area (TPSA) is 94.1 Å². The highest BCUT2D eigenvalue weighted by Gasteiger charge is 2.14. The van der Waals surface area contributed by atoms with Gasteiger partial charge in [-0.2, -0.15) is 5.10 Å². The van der Waals surface area contributed by atoms with Crippen LogP contribution >= 0.6 is 0 Å². The molecule has 0 unspecified atom stereocenters. The zero-order valence-corrected chi connectivity index (χ0v) is 16.2. The van der Waals surface area contributed by atoms with E-state index in [2.05, 4.69) is 20.4 Å². The molecule has 0 radical (unpaired) electrons. The molecule has 0 bridgehead atoms. The fraction of sp³-hybridized carbons (Fsp3) is 0.190. The number of nitrogens with zero attached hydrogens (tertiary/aromatic N) is 3. The van der Waals surface area contributed by atoms with Crippen LogP contribution in [0.4, 0.5) is 5.82 Å². The number of anilines is 1. The van der Waals surface area contributed by atoms with Gasteiger partial charge >= 0.3 is 0 Å². The first kappa shape index (κ1) is 18.5. The predicted octanol–water partition coefficient (Wildman–Crippen LogP) is 3.27. The Balaban J connectivity index is 1.44. The van der Waals surface area contributed by atoms with Crippen molar-refractivity contribution in [3.8, 4) is 11.5 Å². The summed E-state index contributed by atoms with van der Waals surface area (Å²) in [6.45, 7) is 0.714.